The molecule has 1 aliphatic heterocycles. The third kappa shape index (κ3) is 2.19. The fourth-order valence-electron chi connectivity index (χ4n) is 1.36. The van der Waals surface area contributed by atoms with Crippen molar-refractivity contribution in [3.05, 3.63) is 30.6 Å². The Balaban J connectivity index is 2.32. The van der Waals surface area contributed by atoms with Gasteiger partial charge in [-0.3, -0.25) is 14.3 Å². The van der Waals surface area contributed by atoms with Crippen LogP contribution in [0.4, 0.5) is 0 Å². The Labute approximate surface area is 103 Å². The molecule has 2 atom stereocenters. The molecule has 16 heavy (non-hydrogen) atoms. The number of hydrogen-bond donors (Lipinski definition) is 2. The molecule has 8 heteroatoms. The summed E-state index contributed by atoms with van der Waals surface area (Å²) in [4.78, 5) is 24.8. The van der Waals surface area contributed by atoms with Crippen molar-refractivity contribution in [1.82, 2.24) is 9.55 Å². The van der Waals surface area contributed by atoms with Gasteiger partial charge in [0.1, 0.15) is 0 Å². The van der Waals surface area contributed by atoms with E-state index in [0.717, 1.165) is 0 Å². The smallest absolute Gasteiger partial charge is 0.330 e. The van der Waals surface area contributed by atoms with Crippen LogP contribution in [0.5, 0.6) is 0 Å². The molecule has 0 radical (unpaired) electrons. The van der Waals surface area contributed by atoms with Crippen LogP contribution in [0.3, 0.4) is 0 Å². The second kappa shape index (κ2) is 4.65. The zero-order chi connectivity index (χ0) is 11.7. The summed E-state index contributed by atoms with van der Waals surface area (Å²) in [6.07, 6.45) is 0.0618. The Hall–Kier alpha value is -0.710. The summed E-state index contributed by atoms with van der Waals surface area (Å²) in [7, 11) is 0. The molecule has 0 saturated carbocycles. The first-order valence-corrected chi connectivity index (χ1v) is 5.58. The first-order valence-electron chi connectivity index (χ1n) is 4.50. The summed E-state index contributed by atoms with van der Waals surface area (Å²) in [6, 6.07) is 0. The lowest BCUT2D eigenvalue weighted by molar-refractivity contribution is -0.0993. The number of ether oxygens (including phenoxy) is 2. The number of aromatic nitrogens is 2. The summed E-state index contributed by atoms with van der Waals surface area (Å²) >= 11 is 1.82. The molecule has 2 N–H and O–H groups in total. The van der Waals surface area contributed by atoms with E-state index in [4.69, 9.17) is 14.6 Å². The standard InChI is InChI=1S/C8H9IN2O5/c9-4-1-11(8(14)10-7(4)13)5-3-15-6(2-12)16-5/h1,5-6,12H,2-3H2,(H,10,13,14)/t5-,6+/m1/s1. The highest BCUT2D eigenvalue weighted by Crippen LogP contribution is 2.18. The molecule has 0 aliphatic carbocycles. The Morgan fingerprint density at radius 3 is 3.00 bits per heavy atom. The van der Waals surface area contributed by atoms with E-state index in [9.17, 15) is 9.59 Å². The summed E-state index contributed by atoms with van der Waals surface area (Å²) in [5, 5.41) is 8.80. The fourth-order valence-corrected chi connectivity index (χ4v) is 1.79. The number of aromatic amines is 1. The van der Waals surface area contributed by atoms with E-state index in [2.05, 4.69) is 4.98 Å². The van der Waals surface area contributed by atoms with Crippen LogP contribution in [0, 0.1) is 3.57 Å². The number of aliphatic hydroxyl groups is 1. The van der Waals surface area contributed by atoms with E-state index in [1.807, 2.05) is 22.6 Å². The minimum Gasteiger partial charge on any atom is -0.391 e. The van der Waals surface area contributed by atoms with E-state index >= 15 is 0 Å². The van der Waals surface area contributed by atoms with Gasteiger partial charge in [0.05, 0.1) is 16.8 Å². The highest BCUT2D eigenvalue weighted by molar-refractivity contribution is 14.1. The van der Waals surface area contributed by atoms with Crippen molar-refractivity contribution >= 4 is 22.6 Å². The number of hydrogen-bond acceptors (Lipinski definition) is 5. The molecule has 0 amide bonds. The molecule has 1 saturated heterocycles. The van der Waals surface area contributed by atoms with Crippen LogP contribution in [0.1, 0.15) is 6.23 Å². The van der Waals surface area contributed by atoms with Crippen molar-refractivity contribution in [3.8, 4) is 0 Å². The van der Waals surface area contributed by atoms with E-state index in [1.165, 1.54) is 10.8 Å². The lowest BCUT2D eigenvalue weighted by Gasteiger charge is -2.12. The summed E-state index contributed by atoms with van der Waals surface area (Å²) < 4.78 is 11.9. The predicted octanol–water partition coefficient (Wildman–Crippen LogP) is -0.995. The van der Waals surface area contributed by atoms with Crippen molar-refractivity contribution < 1.29 is 14.6 Å². The number of rotatable bonds is 2. The normalized spacial score (nSPS) is 24.9. The second-order valence-corrected chi connectivity index (χ2v) is 4.34. The van der Waals surface area contributed by atoms with Gasteiger partial charge in [-0.05, 0) is 22.6 Å². The van der Waals surface area contributed by atoms with Gasteiger partial charge in [-0.15, -0.1) is 0 Å². The maximum atomic E-state index is 11.5. The van der Waals surface area contributed by atoms with Gasteiger partial charge in [-0.25, -0.2) is 4.79 Å². The predicted molar refractivity (Wildman–Crippen MR) is 61.0 cm³/mol. The number of halogens is 1. The Kier molecular flexibility index (Phi) is 3.42. The van der Waals surface area contributed by atoms with E-state index in [1.54, 1.807) is 0 Å². The molecule has 88 valence electrons. The van der Waals surface area contributed by atoms with Crippen LogP contribution < -0.4 is 11.2 Å². The molecule has 0 spiro atoms. The van der Waals surface area contributed by atoms with Crippen LogP contribution >= 0.6 is 22.6 Å². The molecule has 0 bridgehead atoms. The van der Waals surface area contributed by atoms with Crippen molar-refractivity contribution in [2.45, 2.75) is 12.5 Å². The highest BCUT2D eigenvalue weighted by atomic mass is 127. The highest BCUT2D eigenvalue weighted by Gasteiger charge is 2.27. The van der Waals surface area contributed by atoms with E-state index in [0.29, 0.717) is 3.57 Å². The quantitative estimate of drug-likeness (QED) is 0.674. The monoisotopic (exact) mass is 340 g/mol. The molecular formula is C8H9IN2O5. The van der Waals surface area contributed by atoms with Crippen LogP contribution in [0.2, 0.25) is 0 Å². The minimum absolute atomic E-state index is 0.160. The molecule has 2 rings (SSSR count). The minimum atomic E-state index is -0.721. The van der Waals surface area contributed by atoms with Gasteiger partial charge in [0, 0.05) is 6.20 Å². The fraction of sp³-hybridized carbons (Fsp3) is 0.500. The summed E-state index contributed by atoms with van der Waals surface area (Å²) in [5.74, 6) is 0. The molecule has 0 unspecified atom stereocenters. The lowest BCUT2D eigenvalue weighted by Crippen LogP contribution is -2.34. The maximum Gasteiger partial charge on any atom is 0.330 e. The number of H-pyrrole nitrogens is 1. The number of aliphatic hydroxyl groups excluding tert-OH is 1. The number of nitrogens with one attached hydrogen (secondary N) is 1. The van der Waals surface area contributed by atoms with Gasteiger partial charge in [0.15, 0.2) is 12.5 Å². The second-order valence-electron chi connectivity index (χ2n) is 3.18. The first kappa shape index (κ1) is 11.8. The average molecular weight is 340 g/mol. The zero-order valence-electron chi connectivity index (χ0n) is 8.05. The van der Waals surface area contributed by atoms with Crippen LogP contribution in [0.15, 0.2) is 15.8 Å². The Morgan fingerprint density at radius 1 is 1.62 bits per heavy atom. The SMILES string of the molecule is O=c1[nH]c(=O)n([C@H]2CO[C@H](CO)O2)cc1I. The molecular weight excluding hydrogens is 331 g/mol. The maximum absolute atomic E-state index is 11.5. The van der Waals surface area contributed by atoms with E-state index in [-0.39, 0.29) is 13.2 Å². The van der Waals surface area contributed by atoms with Gasteiger partial charge >= 0.3 is 5.69 Å². The van der Waals surface area contributed by atoms with Gasteiger partial charge in [-0.2, -0.15) is 0 Å². The summed E-state index contributed by atoms with van der Waals surface area (Å²) in [6.45, 7) is -0.112. The molecule has 1 aromatic rings. The van der Waals surface area contributed by atoms with Crippen molar-refractivity contribution in [2.24, 2.45) is 0 Å². The molecule has 0 aromatic carbocycles. The third-order valence-electron chi connectivity index (χ3n) is 2.12. The molecule has 1 aliphatic rings. The van der Waals surface area contributed by atoms with Crippen molar-refractivity contribution in [3.63, 3.8) is 0 Å². The van der Waals surface area contributed by atoms with E-state index < -0.39 is 23.8 Å². The third-order valence-corrected chi connectivity index (χ3v) is 2.89. The molecule has 2 heterocycles. The lowest BCUT2D eigenvalue weighted by atomic mass is 10.5. The van der Waals surface area contributed by atoms with Crippen molar-refractivity contribution in [2.75, 3.05) is 13.2 Å². The van der Waals surface area contributed by atoms with Crippen LogP contribution in [0.25, 0.3) is 0 Å². The molecule has 7 nitrogen and oxygen atoms in total. The topological polar surface area (TPSA) is 93.6 Å². The largest absolute Gasteiger partial charge is 0.391 e. The number of nitrogens with zero attached hydrogens (tertiary/aromatic N) is 1. The Morgan fingerprint density at radius 2 is 2.38 bits per heavy atom. The average Bonchev–Trinajstić information content (AvgIpc) is 2.71. The van der Waals surface area contributed by atoms with Gasteiger partial charge in [0.2, 0.25) is 0 Å². The Bertz CT molecular complexity index is 496. The van der Waals surface area contributed by atoms with Gasteiger partial charge < -0.3 is 14.6 Å². The zero-order valence-corrected chi connectivity index (χ0v) is 10.2. The summed E-state index contributed by atoms with van der Waals surface area (Å²) in [5.41, 5.74) is -0.989. The van der Waals surface area contributed by atoms with Gasteiger partial charge in [0.25, 0.3) is 5.56 Å². The van der Waals surface area contributed by atoms with Gasteiger partial charge in [-0.1, -0.05) is 0 Å². The van der Waals surface area contributed by atoms with Crippen molar-refractivity contribution in [1.29, 1.82) is 0 Å². The molecule has 1 aromatic heterocycles. The first-order chi connectivity index (χ1) is 7.61. The van der Waals surface area contributed by atoms with Crippen LogP contribution in [-0.4, -0.2) is 34.2 Å². The van der Waals surface area contributed by atoms with Crippen LogP contribution in [-0.2, 0) is 9.47 Å². The molecule has 1 fully saturated rings.